The molecule has 7 heteroatoms. The van der Waals surface area contributed by atoms with E-state index in [1.54, 1.807) is 12.1 Å². The van der Waals surface area contributed by atoms with Gasteiger partial charge < -0.3 is 29.3 Å². The summed E-state index contributed by atoms with van der Waals surface area (Å²) >= 11 is 0. The van der Waals surface area contributed by atoms with Crippen LogP contribution < -0.4 is 44.7 Å². The number of pyridine rings is 1. The minimum absolute atomic E-state index is 0. The number of halogens is 1. The van der Waals surface area contributed by atoms with Crippen molar-refractivity contribution in [3.63, 3.8) is 0 Å². The van der Waals surface area contributed by atoms with Crippen molar-refractivity contribution in [1.29, 1.82) is 0 Å². The fraction of sp³-hybridized carbons (Fsp3) is 0.364. The highest BCUT2D eigenvalue weighted by atomic mass is 127. The molecule has 6 nitrogen and oxygen atoms in total. The SMILES string of the molecule is C[n+]1ccc(C(=O)NNC2=NCCCN2)cc1.[I-]. The van der Waals surface area contributed by atoms with Crippen LogP contribution in [0.2, 0.25) is 0 Å². The van der Waals surface area contributed by atoms with Crippen LogP contribution in [0.1, 0.15) is 16.8 Å². The summed E-state index contributed by atoms with van der Waals surface area (Å²) in [7, 11) is 1.90. The van der Waals surface area contributed by atoms with Gasteiger partial charge in [0.2, 0.25) is 5.96 Å². The van der Waals surface area contributed by atoms with E-state index in [4.69, 9.17) is 0 Å². The molecule has 1 aromatic rings. The van der Waals surface area contributed by atoms with Gasteiger partial charge in [-0.3, -0.25) is 20.6 Å². The standard InChI is InChI=1S/C11H15N5O.HI/c1-16-7-3-9(4-8-16)10(17)14-15-11-12-5-2-6-13-11;/h3-4,7-8H,2,5-6H2,1H3,(H2,12,13,17);1H. The third-order valence-corrected chi connectivity index (χ3v) is 2.43. The van der Waals surface area contributed by atoms with E-state index in [1.807, 2.05) is 24.0 Å². The Morgan fingerprint density at radius 2 is 2.17 bits per heavy atom. The third-order valence-electron chi connectivity index (χ3n) is 2.43. The zero-order valence-corrected chi connectivity index (χ0v) is 12.3. The van der Waals surface area contributed by atoms with E-state index in [-0.39, 0.29) is 29.9 Å². The molecule has 1 aromatic heterocycles. The molecule has 0 aliphatic carbocycles. The first-order valence-corrected chi connectivity index (χ1v) is 5.56. The Morgan fingerprint density at radius 3 is 2.78 bits per heavy atom. The van der Waals surface area contributed by atoms with E-state index in [1.165, 1.54) is 0 Å². The molecule has 18 heavy (non-hydrogen) atoms. The molecule has 0 bridgehead atoms. The molecule has 0 saturated carbocycles. The van der Waals surface area contributed by atoms with Gasteiger partial charge in [0.25, 0.3) is 5.91 Å². The van der Waals surface area contributed by atoms with Gasteiger partial charge in [0.05, 0.1) is 5.56 Å². The topological polar surface area (TPSA) is 69.4 Å². The van der Waals surface area contributed by atoms with Crippen LogP contribution in [0.15, 0.2) is 29.5 Å². The van der Waals surface area contributed by atoms with Crippen molar-refractivity contribution in [2.45, 2.75) is 6.42 Å². The van der Waals surface area contributed by atoms with Gasteiger partial charge in [-0.2, -0.15) is 0 Å². The maximum atomic E-state index is 11.7. The zero-order chi connectivity index (χ0) is 12.1. The van der Waals surface area contributed by atoms with Crippen molar-refractivity contribution in [1.82, 2.24) is 16.2 Å². The van der Waals surface area contributed by atoms with Crippen LogP contribution in [0.5, 0.6) is 0 Å². The minimum atomic E-state index is -0.180. The second kappa shape index (κ2) is 7.14. The Kier molecular flexibility index (Phi) is 5.83. The van der Waals surface area contributed by atoms with Crippen molar-refractivity contribution < 1.29 is 33.3 Å². The maximum absolute atomic E-state index is 11.7. The molecule has 1 aliphatic rings. The molecule has 1 aliphatic heterocycles. The van der Waals surface area contributed by atoms with Crippen molar-refractivity contribution in [2.24, 2.45) is 12.0 Å². The Hall–Kier alpha value is -1.38. The van der Waals surface area contributed by atoms with Crippen LogP contribution in [-0.4, -0.2) is 25.0 Å². The lowest BCUT2D eigenvalue weighted by Gasteiger charge is -2.16. The zero-order valence-electron chi connectivity index (χ0n) is 10.1. The molecule has 0 unspecified atom stereocenters. The van der Waals surface area contributed by atoms with Crippen LogP contribution in [0.4, 0.5) is 0 Å². The van der Waals surface area contributed by atoms with E-state index >= 15 is 0 Å². The van der Waals surface area contributed by atoms with Gasteiger partial charge in [-0.25, -0.2) is 4.57 Å². The average Bonchev–Trinajstić information content (AvgIpc) is 2.38. The smallest absolute Gasteiger partial charge is 0.270 e. The second-order valence-corrected chi connectivity index (χ2v) is 3.84. The molecule has 3 N–H and O–H groups in total. The summed E-state index contributed by atoms with van der Waals surface area (Å²) in [5.74, 6) is 0.437. The number of rotatable bonds is 1. The van der Waals surface area contributed by atoms with E-state index in [0.29, 0.717) is 11.5 Å². The summed E-state index contributed by atoms with van der Waals surface area (Å²) in [5.41, 5.74) is 5.97. The van der Waals surface area contributed by atoms with E-state index in [9.17, 15) is 4.79 Å². The van der Waals surface area contributed by atoms with Gasteiger partial charge >= 0.3 is 0 Å². The van der Waals surface area contributed by atoms with Gasteiger partial charge in [-0.1, -0.05) is 0 Å². The molecule has 1 amide bonds. The Morgan fingerprint density at radius 1 is 1.44 bits per heavy atom. The van der Waals surface area contributed by atoms with Gasteiger partial charge in [0, 0.05) is 25.2 Å². The number of aliphatic imine (C=N–C) groups is 1. The molecule has 0 aromatic carbocycles. The average molecular weight is 361 g/mol. The quantitative estimate of drug-likeness (QED) is 0.272. The Bertz CT molecular complexity index is 432. The predicted octanol–water partition coefficient (Wildman–Crippen LogP) is -3.90. The van der Waals surface area contributed by atoms with Crippen LogP contribution in [0.25, 0.3) is 0 Å². The third kappa shape index (κ3) is 4.13. The first-order chi connectivity index (χ1) is 8.25. The molecule has 0 radical (unpaired) electrons. The summed E-state index contributed by atoms with van der Waals surface area (Å²) in [6, 6.07) is 3.51. The molecule has 0 fully saturated rings. The number of aryl methyl sites for hydroxylation is 1. The van der Waals surface area contributed by atoms with Crippen molar-refractivity contribution in [2.75, 3.05) is 13.1 Å². The molecular weight excluding hydrogens is 345 g/mol. The number of carbonyl (C=O) groups excluding carboxylic acids is 1. The number of aromatic nitrogens is 1. The molecule has 0 saturated heterocycles. The monoisotopic (exact) mass is 361 g/mol. The van der Waals surface area contributed by atoms with Crippen molar-refractivity contribution in [3.05, 3.63) is 30.1 Å². The number of nitrogens with one attached hydrogen (secondary N) is 3. The summed E-state index contributed by atoms with van der Waals surface area (Å²) in [4.78, 5) is 15.9. The highest BCUT2D eigenvalue weighted by Gasteiger charge is 2.08. The first kappa shape index (κ1) is 14.7. The highest BCUT2D eigenvalue weighted by Crippen LogP contribution is 1.93. The largest absolute Gasteiger partial charge is 1.00 e. The Balaban J connectivity index is 0.00000162. The lowest BCUT2D eigenvalue weighted by Crippen LogP contribution is -3.00. The number of carbonyl (C=O) groups is 1. The van der Waals surface area contributed by atoms with E-state index < -0.39 is 0 Å². The van der Waals surface area contributed by atoms with Crippen molar-refractivity contribution in [3.8, 4) is 0 Å². The van der Waals surface area contributed by atoms with Crippen molar-refractivity contribution >= 4 is 11.9 Å². The number of guanidine groups is 1. The summed E-state index contributed by atoms with van der Waals surface area (Å²) in [5, 5.41) is 3.06. The first-order valence-electron chi connectivity index (χ1n) is 5.56. The molecule has 98 valence electrons. The summed E-state index contributed by atoms with van der Waals surface area (Å²) < 4.78 is 1.87. The summed E-state index contributed by atoms with van der Waals surface area (Å²) in [6.07, 6.45) is 4.67. The van der Waals surface area contributed by atoms with E-state index in [2.05, 4.69) is 21.2 Å². The second-order valence-electron chi connectivity index (χ2n) is 3.84. The molecule has 2 heterocycles. The lowest BCUT2D eigenvalue weighted by atomic mass is 10.2. The van der Waals surface area contributed by atoms with Gasteiger partial charge in [-0.15, -0.1) is 0 Å². The molecular formula is C11H16IN5O. The number of nitrogens with zero attached hydrogens (tertiary/aromatic N) is 2. The molecule has 0 spiro atoms. The minimum Gasteiger partial charge on any atom is -1.00 e. The Labute approximate surface area is 123 Å². The number of hydrazine groups is 1. The fourth-order valence-electron chi connectivity index (χ4n) is 1.46. The van der Waals surface area contributed by atoms with Crippen LogP contribution >= 0.6 is 0 Å². The van der Waals surface area contributed by atoms with Gasteiger partial charge in [0.15, 0.2) is 12.4 Å². The predicted molar refractivity (Wildman–Crippen MR) is 63.1 cm³/mol. The fourth-order valence-corrected chi connectivity index (χ4v) is 1.46. The normalized spacial score (nSPS) is 13.7. The highest BCUT2D eigenvalue weighted by molar-refractivity contribution is 5.95. The molecule has 2 rings (SSSR count). The number of amides is 1. The van der Waals surface area contributed by atoms with Gasteiger partial charge in [-0.05, 0) is 6.42 Å². The summed E-state index contributed by atoms with van der Waals surface area (Å²) in [6.45, 7) is 1.66. The lowest BCUT2D eigenvalue weighted by molar-refractivity contribution is -0.671. The van der Waals surface area contributed by atoms with Crippen LogP contribution in [0.3, 0.4) is 0 Å². The van der Waals surface area contributed by atoms with E-state index in [0.717, 1.165) is 19.5 Å². The van der Waals surface area contributed by atoms with Crippen LogP contribution in [0, 0.1) is 0 Å². The van der Waals surface area contributed by atoms with Gasteiger partial charge in [0.1, 0.15) is 7.05 Å². The number of hydrogen-bond donors (Lipinski definition) is 3. The molecule has 0 atom stereocenters. The van der Waals surface area contributed by atoms with Crippen LogP contribution in [-0.2, 0) is 7.05 Å². The maximum Gasteiger partial charge on any atom is 0.270 e. The number of hydrogen-bond acceptors (Lipinski definition) is 4.